The molecular weight excluding hydrogens is 256 g/mol. The molecule has 2 heterocycles. The minimum Gasteiger partial charge on any atom is -0.384 e. The first-order valence-electron chi connectivity index (χ1n) is 6.80. The molecule has 2 rings (SSSR count). The van der Waals surface area contributed by atoms with Gasteiger partial charge in [0.15, 0.2) is 0 Å². The van der Waals surface area contributed by atoms with Gasteiger partial charge in [0.05, 0.1) is 0 Å². The summed E-state index contributed by atoms with van der Waals surface area (Å²) >= 11 is 0. The third-order valence-corrected chi connectivity index (χ3v) is 3.32. The van der Waals surface area contributed by atoms with Crippen LogP contribution in [0, 0.1) is 0 Å². The van der Waals surface area contributed by atoms with E-state index in [4.69, 9.17) is 5.73 Å². The Labute approximate surface area is 118 Å². The standard InChI is InChI=1S/C14H20N4O2/c1-8(2)11-5-9(6-12(15)18-11)14(20)17-10-3-4-13(19)16-7-10/h5-6,8,10H,3-4,7H2,1-2H3,(H2,15,18)(H,16,19)(H,17,20). The number of carbonyl (C=O) groups is 2. The fourth-order valence-electron chi connectivity index (χ4n) is 2.13. The van der Waals surface area contributed by atoms with E-state index in [9.17, 15) is 9.59 Å². The molecule has 1 aromatic rings. The van der Waals surface area contributed by atoms with E-state index in [1.54, 1.807) is 12.1 Å². The van der Waals surface area contributed by atoms with Crippen molar-refractivity contribution < 1.29 is 9.59 Å². The highest BCUT2D eigenvalue weighted by atomic mass is 16.2. The van der Waals surface area contributed by atoms with E-state index < -0.39 is 0 Å². The van der Waals surface area contributed by atoms with Gasteiger partial charge < -0.3 is 16.4 Å². The molecule has 20 heavy (non-hydrogen) atoms. The summed E-state index contributed by atoms with van der Waals surface area (Å²) in [5.74, 6) is 0.408. The molecule has 1 aliphatic heterocycles. The van der Waals surface area contributed by atoms with Crippen molar-refractivity contribution in [3.8, 4) is 0 Å². The number of piperidine rings is 1. The molecule has 1 saturated heterocycles. The van der Waals surface area contributed by atoms with Gasteiger partial charge in [-0.3, -0.25) is 9.59 Å². The lowest BCUT2D eigenvalue weighted by molar-refractivity contribution is -0.122. The summed E-state index contributed by atoms with van der Waals surface area (Å²) in [6.45, 7) is 4.47. The predicted octanol–water partition coefficient (Wildman–Crippen LogP) is 0.796. The Bertz CT molecular complexity index is 518. The van der Waals surface area contributed by atoms with Crippen molar-refractivity contribution in [1.82, 2.24) is 15.6 Å². The summed E-state index contributed by atoms with van der Waals surface area (Å²) in [4.78, 5) is 27.5. The largest absolute Gasteiger partial charge is 0.384 e. The molecule has 6 heteroatoms. The van der Waals surface area contributed by atoms with Gasteiger partial charge in [-0.25, -0.2) is 4.98 Å². The van der Waals surface area contributed by atoms with Gasteiger partial charge in [0, 0.05) is 30.3 Å². The second kappa shape index (κ2) is 5.90. The average Bonchev–Trinajstić information content (AvgIpc) is 2.40. The number of hydrogen-bond donors (Lipinski definition) is 3. The predicted molar refractivity (Wildman–Crippen MR) is 76.2 cm³/mol. The molecule has 108 valence electrons. The monoisotopic (exact) mass is 276 g/mol. The van der Waals surface area contributed by atoms with Crippen LogP contribution >= 0.6 is 0 Å². The van der Waals surface area contributed by atoms with Crippen LogP contribution in [0.4, 0.5) is 5.82 Å². The molecule has 1 unspecified atom stereocenters. The first-order valence-corrected chi connectivity index (χ1v) is 6.80. The van der Waals surface area contributed by atoms with Gasteiger partial charge in [0.1, 0.15) is 5.82 Å². The van der Waals surface area contributed by atoms with Gasteiger partial charge in [-0.2, -0.15) is 0 Å². The Kier molecular flexibility index (Phi) is 4.22. The van der Waals surface area contributed by atoms with Crippen LogP contribution in [-0.2, 0) is 4.79 Å². The molecule has 2 amide bonds. The molecule has 0 aromatic carbocycles. The quantitative estimate of drug-likeness (QED) is 0.760. The Balaban J connectivity index is 2.07. The van der Waals surface area contributed by atoms with Crippen molar-refractivity contribution in [2.75, 3.05) is 12.3 Å². The Hall–Kier alpha value is -2.11. The van der Waals surface area contributed by atoms with E-state index in [0.29, 0.717) is 30.8 Å². The highest BCUT2D eigenvalue weighted by Crippen LogP contribution is 2.16. The van der Waals surface area contributed by atoms with E-state index in [-0.39, 0.29) is 23.8 Å². The second-order valence-corrected chi connectivity index (χ2v) is 5.37. The van der Waals surface area contributed by atoms with Crippen molar-refractivity contribution in [1.29, 1.82) is 0 Å². The SMILES string of the molecule is CC(C)c1cc(C(=O)NC2CCC(=O)NC2)cc(N)n1. The van der Waals surface area contributed by atoms with E-state index >= 15 is 0 Å². The fourth-order valence-corrected chi connectivity index (χ4v) is 2.13. The summed E-state index contributed by atoms with van der Waals surface area (Å²) in [6.07, 6.45) is 1.11. The molecule has 0 saturated carbocycles. The highest BCUT2D eigenvalue weighted by Gasteiger charge is 2.20. The molecule has 0 bridgehead atoms. The fraction of sp³-hybridized carbons (Fsp3) is 0.500. The van der Waals surface area contributed by atoms with Crippen molar-refractivity contribution in [3.05, 3.63) is 23.4 Å². The first kappa shape index (κ1) is 14.3. The number of nitrogens with one attached hydrogen (secondary N) is 2. The van der Waals surface area contributed by atoms with Crippen molar-refractivity contribution in [3.63, 3.8) is 0 Å². The van der Waals surface area contributed by atoms with Crippen molar-refractivity contribution >= 4 is 17.6 Å². The summed E-state index contributed by atoms with van der Waals surface area (Å²) in [7, 11) is 0. The van der Waals surface area contributed by atoms with Crippen LogP contribution < -0.4 is 16.4 Å². The second-order valence-electron chi connectivity index (χ2n) is 5.37. The number of hydrogen-bond acceptors (Lipinski definition) is 4. The minimum atomic E-state index is -0.179. The zero-order chi connectivity index (χ0) is 14.7. The third-order valence-electron chi connectivity index (χ3n) is 3.32. The number of pyridine rings is 1. The molecule has 4 N–H and O–H groups in total. The first-order chi connectivity index (χ1) is 9.45. The number of amides is 2. The number of rotatable bonds is 3. The Morgan fingerprint density at radius 3 is 2.85 bits per heavy atom. The van der Waals surface area contributed by atoms with Crippen molar-refractivity contribution in [2.24, 2.45) is 0 Å². The number of aromatic nitrogens is 1. The Morgan fingerprint density at radius 1 is 1.50 bits per heavy atom. The lowest BCUT2D eigenvalue weighted by Crippen LogP contribution is -2.47. The van der Waals surface area contributed by atoms with Crippen molar-refractivity contribution in [2.45, 2.75) is 38.6 Å². The van der Waals surface area contributed by atoms with E-state index in [0.717, 1.165) is 5.69 Å². The number of nitrogen functional groups attached to an aromatic ring is 1. The van der Waals surface area contributed by atoms with Gasteiger partial charge >= 0.3 is 0 Å². The van der Waals surface area contributed by atoms with E-state index in [2.05, 4.69) is 15.6 Å². The molecule has 1 aromatic heterocycles. The van der Waals surface area contributed by atoms with Gasteiger partial charge in [-0.1, -0.05) is 13.8 Å². The van der Waals surface area contributed by atoms with Gasteiger partial charge in [-0.15, -0.1) is 0 Å². The van der Waals surface area contributed by atoms with Crippen LogP contribution in [0.15, 0.2) is 12.1 Å². The summed E-state index contributed by atoms with van der Waals surface area (Å²) in [5, 5.41) is 5.65. The molecular formula is C14H20N4O2. The topological polar surface area (TPSA) is 97.1 Å². The van der Waals surface area contributed by atoms with Crippen LogP contribution in [0.1, 0.15) is 48.7 Å². The number of nitrogens with two attached hydrogens (primary N) is 1. The van der Waals surface area contributed by atoms with Crippen LogP contribution in [0.25, 0.3) is 0 Å². The lowest BCUT2D eigenvalue weighted by Gasteiger charge is -2.23. The maximum absolute atomic E-state index is 12.2. The molecule has 6 nitrogen and oxygen atoms in total. The lowest BCUT2D eigenvalue weighted by atomic mass is 10.0. The van der Waals surface area contributed by atoms with E-state index in [1.165, 1.54) is 0 Å². The maximum atomic E-state index is 12.2. The van der Waals surface area contributed by atoms with E-state index in [1.807, 2.05) is 13.8 Å². The maximum Gasteiger partial charge on any atom is 0.251 e. The van der Waals surface area contributed by atoms with Gasteiger partial charge in [0.25, 0.3) is 5.91 Å². The van der Waals surface area contributed by atoms with Gasteiger partial charge in [-0.05, 0) is 24.5 Å². The zero-order valence-electron chi connectivity index (χ0n) is 11.8. The highest BCUT2D eigenvalue weighted by molar-refractivity contribution is 5.95. The van der Waals surface area contributed by atoms with Crippen LogP contribution in [-0.4, -0.2) is 29.4 Å². The number of carbonyl (C=O) groups excluding carboxylic acids is 2. The summed E-state index contributed by atoms with van der Waals surface area (Å²) in [6, 6.07) is 3.30. The summed E-state index contributed by atoms with van der Waals surface area (Å²) in [5.41, 5.74) is 7.05. The molecule has 1 atom stereocenters. The van der Waals surface area contributed by atoms with Crippen LogP contribution in [0.3, 0.4) is 0 Å². The molecule has 0 spiro atoms. The summed E-state index contributed by atoms with van der Waals surface area (Å²) < 4.78 is 0. The minimum absolute atomic E-state index is 0.0305. The van der Waals surface area contributed by atoms with Crippen LogP contribution in [0.5, 0.6) is 0 Å². The molecule has 1 fully saturated rings. The smallest absolute Gasteiger partial charge is 0.251 e. The van der Waals surface area contributed by atoms with Crippen LogP contribution in [0.2, 0.25) is 0 Å². The molecule has 0 radical (unpaired) electrons. The molecule has 0 aliphatic carbocycles. The zero-order valence-corrected chi connectivity index (χ0v) is 11.8. The Morgan fingerprint density at radius 2 is 2.25 bits per heavy atom. The van der Waals surface area contributed by atoms with Gasteiger partial charge in [0.2, 0.25) is 5.91 Å². The normalized spacial score (nSPS) is 18.8. The number of anilines is 1. The molecule has 1 aliphatic rings. The third kappa shape index (κ3) is 3.46. The average molecular weight is 276 g/mol. The number of nitrogens with zero attached hydrogens (tertiary/aromatic N) is 1.